The molecule has 0 spiro atoms. The first kappa shape index (κ1) is 9.12. The van der Waals surface area contributed by atoms with Gasteiger partial charge in [-0.05, 0) is 17.7 Å². The van der Waals surface area contributed by atoms with E-state index in [2.05, 4.69) is 4.98 Å². The monoisotopic (exact) mass is 188 g/mol. The van der Waals surface area contributed by atoms with Crippen molar-refractivity contribution in [2.24, 2.45) is 5.73 Å². The van der Waals surface area contributed by atoms with Crippen LogP contribution in [0.25, 0.3) is 10.9 Å². The minimum Gasteiger partial charge on any atom is -0.387 e. The number of rotatable bonds is 2. The van der Waals surface area contributed by atoms with Crippen molar-refractivity contribution in [2.75, 3.05) is 6.54 Å². The molecule has 72 valence electrons. The molecule has 1 atom stereocenters. The second-order valence-corrected chi connectivity index (χ2v) is 3.17. The standard InChI is InChI=1S/C11H12N2O/c12-7-11(14)9-5-6-13-10-4-2-1-3-8(9)10/h1-6,11,14H,7,12H2/t11-/m1/s1. The minimum atomic E-state index is -0.608. The van der Waals surface area contributed by atoms with Crippen molar-refractivity contribution in [3.05, 3.63) is 42.1 Å². The van der Waals surface area contributed by atoms with Gasteiger partial charge in [0.1, 0.15) is 0 Å². The van der Waals surface area contributed by atoms with Crippen LogP contribution in [0.3, 0.4) is 0 Å². The van der Waals surface area contributed by atoms with Gasteiger partial charge in [0.15, 0.2) is 0 Å². The van der Waals surface area contributed by atoms with Gasteiger partial charge in [-0.2, -0.15) is 0 Å². The van der Waals surface area contributed by atoms with Gasteiger partial charge < -0.3 is 10.8 Å². The average molecular weight is 188 g/mol. The molecule has 14 heavy (non-hydrogen) atoms. The topological polar surface area (TPSA) is 59.1 Å². The van der Waals surface area contributed by atoms with E-state index < -0.39 is 6.10 Å². The molecule has 3 heteroatoms. The Labute approximate surface area is 82.2 Å². The van der Waals surface area contributed by atoms with E-state index in [-0.39, 0.29) is 6.54 Å². The lowest BCUT2D eigenvalue weighted by atomic mass is 10.0. The highest BCUT2D eigenvalue weighted by atomic mass is 16.3. The lowest BCUT2D eigenvalue weighted by Crippen LogP contribution is -2.11. The molecule has 1 heterocycles. The molecule has 0 aliphatic carbocycles. The quantitative estimate of drug-likeness (QED) is 0.745. The molecule has 0 radical (unpaired) electrons. The number of hydrogen-bond acceptors (Lipinski definition) is 3. The molecular formula is C11H12N2O. The van der Waals surface area contributed by atoms with Crippen molar-refractivity contribution < 1.29 is 5.11 Å². The molecule has 1 aromatic carbocycles. The fourth-order valence-electron chi connectivity index (χ4n) is 1.54. The zero-order valence-corrected chi connectivity index (χ0v) is 7.72. The van der Waals surface area contributed by atoms with Gasteiger partial charge in [0.25, 0.3) is 0 Å². The predicted octanol–water partition coefficient (Wildman–Crippen LogP) is 1.23. The van der Waals surface area contributed by atoms with Crippen molar-refractivity contribution in [1.29, 1.82) is 0 Å². The summed E-state index contributed by atoms with van der Waals surface area (Å²) in [6, 6.07) is 9.52. The summed E-state index contributed by atoms with van der Waals surface area (Å²) in [5, 5.41) is 10.6. The highest BCUT2D eigenvalue weighted by Crippen LogP contribution is 2.21. The maximum atomic E-state index is 9.67. The van der Waals surface area contributed by atoms with Gasteiger partial charge in [-0.25, -0.2) is 0 Å². The SMILES string of the molecule is NC[C@@H](O)c1ccnc2ccccc12. The lowest BCUT2D eigenvalue weighted by molar-refractivity contribution is 0.188. The summed E-state index contributed by atoms with van der Waals surface area (Å²) in [7, 11) is 0. The van der Waals surface area contributed by atoms with Gasteiger partial charge in [0, 0.05) is 18.1 Å². The Morgan fingerprint density at radius 2 is 2.07 bits per heavy atom. The van der Waals surface area contributed by atoms with Crippen LogP contribution >= 0.6 is 0 Å². The Balaban J connectivity index is 2.65. The first-order valence-corrected chi connectivity index (χ1v) is 4.54. The lowest BCUT2D eigenvalue weighted by Gasteiger charge is -2.10. The van der Waals surface area contributed by atoms with Gasteiger partial charge >= 0.3 is 0 Å². The molecule has 0 amide bonds. The maximum Gasteiger partial charge on any atom is 0.0919 e. The summed E-state index contributed by atoms with van der Waals surface area (Å²) in [4.78, 5) is 4.21. The Kier molecular flexibility index (Phi) is 2.43. The summed E-state index contributed by atoms with van der Waals surface area (Å²) < 4.78 is 0. The molecule has 3 nitrogen and oxygen atoms in total. The van der Waals surface area contributed by atoms with Crippen LogP contribution in [0.15, 0.2) is 36.5 Å². The van der Waals surface area contributed by atoms with E-state index in [1.807, 2.05) is 24.3 Å². The van der Waals surface area contributed by atoms with E-state index in [4.69, 9.17) is 5.73 Å². The fraction of sp³-hybridized carbons (Fsp3) is 0.182. The summed E-state index contributed by atoms with van der Waals surface area (Å²) in [6.45, 7) is 0.230. The molecule has 0 aliphatic heterocycles. The van der Waals surface area contributed by atoms with E-state index in [1.54, 1.807) is 12.3 Å². The summed E-state index contributed by atoms with van der Waals surface area (Å²) >= 11 is 0. The van der Waals surface area contributed by atoms with Crippen LogP contribution in [-0.2, 0) is 0 Å². The van der Waals surface area contributed by atoms with Crippen molar-refractivity contribution >= 4 is 10.9 Å². The summed E-state index contributed by atoms with van der Waals surface area (Å²) in [5.74, 6) is 0. The number of nitrogens with two attached hydrogens (primary N) is 1. The van der Waals surface area contributed by atoms with E-state index in [9.17, 15) is 5.11 Å². The van der Waals surface area contributed by atoms with Crippen LogP contribution in [0.5, 0.6) is 0 Å². The van der Waals surface area contributed by atoms with Crippen LogP contribution in [-0.4, -0.2) is 16.6 Å². The van der Waals surface area contributed by atoms with Crippen molar-refractivity contribution in [3.63, 3.8) is 0 Å². The number of hydrogen-bond donors (Lipinski definition) is 2. The minimum absolute atomic E-state index is 0.230. The van der Waals surface area contributed by atoms with Gasteiger partial charge in [-0.1, -0.05) is 18.2 Å². The number of aliphatic hydroxyl groups is 1. The molecule has 2 aromatic rings. The molecule has 2 rings (SSSR count). The number of aromatic nitrogens is 1. The molecule has 0 saturated carbocycles. The van der Waals surface area contributed by atoms with Crippen molar-refractivity contribution in [2.45, 2.75) is 6.10 Å². The van der Waals surface area contributed by atoms with Crippen LogP contribution in [0.4, 0.5) is 0 Å². The number of nitrogens with zero attached hydrogens (tertiary/aromatic N) is 1. The smallest absolute Gasteiger partial charge is 0.0919 e. The largest absolute Gasteiger partial charge is 0.387 e. The van der Waals surface area contributed by atoms with E-state index in [0.29, 0.717) is 0 Å². The fourth-order valence-corrected chi connectivity index (χ4v) is 1.54. The van der Waals surface area contributed by atoms with E-state index >= 15 is 0 Å². The highest BCUT2D eigenvalue weighted by molar-refractivity contribution is 5.82. The second kappa shape index (κ2) is 3.74. The first-order chi connectivity index (χ1) is 6.83. The van der Waals surface area contributed by atoms with Gasteiger partial charge in [0.05, 0.1) is 11.6 Å². The maximum absolute atomic E-state index is 9.67. The highest BCUT2D eigenvalue weighted by Gasteiger charge is 2.08. The second-order valence-electron chi connectivity index (χ2n) is 3.17. The molecule has 0 saturated heterocycles. The summed E-state index contributed by atoms with van der Waals surface area (Å²) in [5.41, 5.74) is 7.16. The Morgan fingerprint density at radius 1 is 1.29 bits per heavy atom. The number of fused-ring (bicyclic) bond motifs is 1. The molecule has 0 bridgehead atoms. The Morgan fingerprint density at radius 3 is 2.86 bits per heavy atom. The van der Waals surface area contributed by atoms with Crippen molar-refractivity contribution in [1.82, 2.24) is 4.98 Å². The van der Waals surface area contributed by atoms with Gasteiger partial charge in [-0.15, -0.1) is 0 Å². The number of benzene rings is 1. The van der Waals surface area contributed by atoms with Crippen LogP contribution < -0.4 is 5.73 Å². The molecule has 0 aliphatic rings. The predicted molar refractivity (Wildman–Crippen MR) is 55.8 cm³/mol. The van der Waals surface area contributed by atoms with E-state index in [1.165, 1.54) is 0 Å². The third-order valence-electron chi connectivity index (χ3n) is 2.27. The first-order valence-electron chi connectivity index (χ1n) is 4.54. The molecule has 3 N–H and O–H groups in total. The number of para-hydroxylation sites is 1. The van der Waals surface area contributed by atoms with E-state index in [0.717, 1.165) is 16.5 Å². The van der Waals surface area contributed by atoms with Crippen LogP contribution in [0, 0.1) is 0 Å². The third kappa shape index (κ3) is 1.47. The normalized spacial score (nSPS) is 13.0. The Bertz CT molecular complexity index is 437. The molecular weight excluding hydrogens is 176 g/mol. The number of pyridine rings is 1. The van der Waals surface area contributed by atoms with Gasteiger partial charge in [0.2, 0.25) is 0 Å². The van der Waals surface area contributed by atoms with Crippen LogP contribution in [0.1, 0.15) is 11.7 Å². The number of aliphatic hydroxyl groups excluding tert-OH is 1. The molecule has 0 unspecified atom stereocenters. The molecule has 1 aromatic heterocycles. The van der Waals surface area contributed by atoms with Crippen LogP contribution in [0.2, 0.25) is 0 Å². The zero-order chi connectivity index (χ0) is 9.97. The Hall–Kier alpha value is -1.45. The average Bonchev–Trinajstić information content (AvgIpc) is 2.27. The summed E-state index contributed by atoms with van der Waals surface area (Å²) in [6.07, 6.45) is 1.08. The van der Waals surface area contributed by atoms with Crippen molar-refractivity contribution in [3.8, 4) is 0 Å². The van der Waals surface area contributed by atoms with Gasteiger partial charge in [-0.3, -0.25) is 4.98 Å². The molecule has 0 fully saturated rings. The zero-order valence-electron chi connectivity index (χ0n) is 7.72. The third-order valence-corrected chi connectivity index (χ3v) is 2.27.